The molecule has 0 unspecified atom stereocenters. The van der Waals surface area contributed by atoms with Crippen LogP contribution < -0.4 is 0 Å². The average Bonchev–Trinajstić information content (AvgIpc) is 3.33. The SMILES string of the molecule is C=C1CC[C@H]2C(C)(C)CCC[C@]2(C)[C@H]1CO[C@@H](C(=O)OC)[C@H](CC(=O)O)C(=O)O[C@H]1CC(C)(C)[C@@H]2CC=C3CO[C@@H](O)[C@@H]3[C@@]2(C)C1. The molecule has 10 atom stereocenters. The lowest BCUT2D eigenvalue weighted by molar-refractivity contribution is -0.189. The quantitative estimate of drug-likeness (QED) is 0.227. The number of hydrogen-bond acceptors (Lipinski definition) is 8. The van der Waals surface area contributed by atoms with E-state index in [0.717, 1.165) is 49.7 Å². The van der Waals surface area contributed by atoms with Gasteiger partial charge in [-0.1, -0.05) is 66.2 Å². The van der Waals surface area contributed by atoms with Crippen molar-refractivity contribution in [3.8, 4) is 0 Å². The van der Waals surface area contributed by atoms with Gasteiger partial charge in [0, 0.05) is 11.8 Å². The molecule has 3 saturated carbocycles. The standard InChI is InChI=1S/C37H56O9/c1-21-10-12-26-34(2,3)14-9-15-36(26,6)25(21)20-44-30(33(42)43-8)24(16-28(38)39)31(40)46-23-17-35(4,5)27-13-11-22-19-45-32(41)29(22)37(27,7)18-23/h11,23-27,29-30,32,41H,1,9-10,12-20H2,2-8H3,(H,38,39)/t23-,24-,25-,26-,27-,29+,30+,32+,36+,37-/m0/s1. The number of hydrogen-bond donors (Lipinski definition) is 2. The predicted molar refractivity (Wildman–Crippen MR) is 171 cm³/mol. The Kier molecular flexibility index (Phi) is 9.66. The molecular formula is C37H56O9. The fourth-order valence-electron chi connectivity index (χ4n) is 11.1. The summed E-state index contributed by atoms with van der Waals surface area (Å²) in [6.07, 6.45) is 5.81. The van der Waals surface area contributed by atoms with Crippen LogP contribution in [0.15, 0.2) is 23.8 Å². The highest BCUT2D eigenvalue weighted by atomic mass is 16.6. The van der Waals surface area contributed by atoms with E-state index in [1.807, 2.05) is 0 Å². The molecule has 9 heteroatoms. The number of allylic oxidation sites excluding steroid dienone is 1. The van der Waals surface area contributed by atoms with E-state index in [1.54, 1.807) is 0 Å². The van der Waals surface area contributed by atoms with Crippen molar-refractivity contribution in [2.24, 2.45) is 51.2 Å². The van der Waals surface area contributed by atoms with E-state index in [0.29, 0.717) is 25.4 Å². The Morgan fingerprint density at radius 1 is 1.02 bits per heavy atom. The van der Waals surface area contributed by atoms with E-state index in [4.69, 9.17) is 18.9 Å². The Bertz CT molecular complexity index is 1250. The fourth-order valence-corrected chi connectivity index (χ4v) is 11.1. The molecule has 5 rings (SSSR count). The van der Waals surface area contributed by atoms with Crippen molar-refractivity contribution in [1.29, 1.82) is 0 Å². The molecule has 46 heavy (non-hydrogen) atoms. The summed E-state index contributed by atoms with van der Waals surface area (Å²) >= 11 is 0. The number of carbonyl (C=O) groups excluding carboxylic acids is 2. The second kappa shape index (κ2) is 12.7. The zero-order chi connectivity index (χ0) is 33.8. The third-order valence-electron chi connectivity index (χ3n) is 13.1. The van der Waals surface area contributed by atoms with Gasteiger partial charge in [-0.2, -0.15) is 0 Å². The fraction of sp³-hybridized carbons (Fsp3) is 0.811. The molecule has 258 valence electrons. The predicted octanol–water partition coefficient (Wildman–Crippen LogP) is 6.08. The van der Waals surface area contributed by atoms with Crippen molar-refractivity contribution in [2.75, 3.05) is 20.3 Å². The maximum absolute atomic E-state index is 14.0. The number of ether oxygens (including phenoxy) is 4. The van der Waals surface area contributed by atoms with Gasteiger partial charge in [-0.3, -0.25) is 9.59 Å². The topological polar surface area (TPSA) is 129 Å². The van der Waals surface area contributed by atoms with E-state index in [9.17, 15) is 24.6 Å². The molecule has 0 radical (unpaired) electrons. The first-order chi connectivity index (χ1) is 21.4. The zero-order valence-electron chi connectivity index (χ0n) is 28.9. The van der Waals surface area contributed by atoms with E-state index in [1.165, 1.54) is 7.11 Å². The molecule has 4 fully saturated rings. The van der Waals surface area contributed by atoms with Crippen LogP contribution in [0.5, 0.6) is 0 Å². The number of aliphatic hydroxyl groups excluding tert-OH is 1. The van der Waals surface area contributed by atoms with Gasteiger partial charge >= 0.3 is 17.9 Å². The molecule has 0 aromatic heterocycles. The van der Waals surface area contributed by atoms with Crippen LogP contribution in [0.25, 0.3) is 0 Å². The van der Waals surface area contributed by atoms with Crippen LogP contribution >= 0.6 is 0 Å². The number of carboxylic acid groups (broad SMARTS) is 1. The third kappa shape index (κ3) is 6.21. The maximum Gasteiger partial charge on any atom is 0.335 e. The summed E-state index contributed by atoms with van der Waals surface area (Å²) in [5, 5.41) is 20.7. The minimum atomic E-state index is -1.43. The second-order valence-electron chi connectivity index (χ2n) is 16.8. The molecule has 2 N–H and O–H groups in total. The number of carboxylic acids is 1. The molecule has 0 bridgehead atoms. The number of esters is 2. The summed E-state index contributed by atoms with van der Waals surface area (Å²) in [4.78, 5) is 39.3. The lowest BCUT2D eigenvalue weighted by atomic mass is 9.48. The van der Waals surface area contributed by atoms with Gasteiger partial charge in [0.25, 0.3) is 0 Å². The number of aliphatic carboxylic acids is 1. The summed E-state index contributed by atoms with van der Waals surface area (Å²) in [6, 6.07) is 0. The van der Waals surface area contributed by atoms with Crippen molar-refractivity contribution in [2.45, 2.75) is 118 Å². The Morgan fingerprint density at radius 2 is 1.74 bits per heavy atom. The van der Waals surface area contributed by atoms with Gasteiger partial charge in [-0.25, -0.2) is 4.79 Å². The van der Waals surface area contributed by atoms with Gasteiger partial charge in [-0.05, 0) is 84.0 Å². The molecule has 5 aliphatic rings. The minimum Gasteiger partial charge on any atom is -0.481 e. The summed E-state index contributed by atoms with van der Waals surface area (Å²) < 4.78 is 23.2. The number of fused-ring (bicyclic) bond motifs is 4. The first-order valence-electron chi connectivity index (χ1n) is 17.2. The largest absolute Gasteiger partial charge is 0.481 e. The highest BCUT2D eigenvalue weighted by Gasteiger charge is 2.59. The maximum atomic E-state index is 14.0. The van der Waals surface area contributed by atoms with Crippen molar-refractivity contribution < 1.29 is 43.5 Å². The molecule has 0 aromatic rings. The highest BCUT2D eigenvalue weighted by Crippen LogP contribution is 2.63. The van der Waals surface area contributed by atoms with Crippen molar-refractivity contribution >= 4 is 17.9 Å². The molecule has 1 aliphatic heterocycles. The van der Waals surface area contributed by atoms with Gasteiger partial charge in [0.05, 0.1) is 26.7 Å². The van der Waals surface area contributed by atoms with Crippen LogP contribution in [0.2, 0.25) is 0 Å². The number of rotatable bonds is 9. The Balaban J connectivity index is 1.37. The summed E-state index contributed by atoms with van der Waals surface area (Å²) in [6.45, 7) is 18.3. The lowest BCUT2D eigenvalue weighted by Gasteiger charge is -2.58. The lowest BCUT2D eigenvalue weighted by Crippen LogP contribution is -2.55. The van der Waals surface area contributed by atoms with Gasteiger partial charge < -0.3 is 29.2 Å². The van der Waals surface area contributed by atoms with Gasteiger partial charge in [0.2, 0.25) is 0 Å². The minimum absolute atomic E-state index is 0.0379. The summed E-state index contributed by atoms with van der Waals surface area (Å²) in [5.41, 5.74) is 1.62. The van der Waals surface area contributed by atoms with Gasteiger partial charge in [0.1, 0.15) is 12.0 Å². The molecular weight excluding hydrogens is 588 g/mol. The van der Waals surface area contributed by atoms with E-state index < -0.39 is 54.2 Å². The smallest absolute Gasteiger partial charge is 0.335 e. The van der Waals surface area contributed by atoms with Crippen molar-refractivity contribution in [1.82, 2.24) is 0 Å². The van der Waals surface area contributed by atoms with Crippen molar-refractivity contribution in [3.63, 3.8) is 0 Å². The Hall–Kier alpha value is -2.23. The Morgan fingerprint density at radius 3 is 2.41 bits per heavy atom. The average molecular weight is 645 g/mol. The van der Waals surface area contributed by atoms with Gasteiger partial charge in [0.15, 0.2) is 12.4 Å². The third-order valence-corrected chi connectivity index (χ3v) is 13.1. The van der Waals surface area contributed by atoms with Crippen LogP contribution in [-0.4, -0.2) is 66.9 Å². The van der Waals surface area contributed by atoms with Gasteiger partial charge in [-0.15, -0.1) is 0 Å². The van der Waals surface area contributed by atoms with Crippen LogP contribution in [0.1, 0.15) is 99.3 Å². The summed E-state index contributed by atoms with van der Waals surface area (Å²) in [5.74, 6) is -3.73. The number of aliphatic hydroxyl groups is 1. The first kappa shape index (κ1) is 35.1. The van der Waals surface area contributed by atoms with Crippen LogP contribution in [0, 0.1) is 51.2 Å². The molecule has 0 spiro atoms. The molecule has 0 aromatic carbocycles. The zero-order valence-corrected chi connectivity index (χ0v) is 28.9. The van der Waals surface area contributed by atoms with Crippen LogP contribution in [0.3, 0.4) is 0 Å². The highest BCUT2D eigenvalue weighted by molar-refractivity contribution is 5.87. The monoisotopic (exact) mass is 644 g/mol. The van der Waals surface area contributed by atoms with Crippen LogP contribution in [0.4, 0.5) is 0 Å². The normalized spacial score (nSPS) is 39.1. The van der Waals surface area contributed by atoms with E-state index >= 15 is 0 Å². The van der Waals surface area contributed by atoms with E-state index in [2.05, 4.69) is 54.2 Å². The van der Waals surface area contributed by atoms with Crippen LogP contribution in [-0.2, 0) is 33.3 Å². The molecule has 0 amide bonds. The Labute approximate surface area is 274 Å². The molecule has 1 heterocycles. The molecule has 4 aliphatic carbocycles. The van der Waals surface area contributed by atoms with Crippen molar-refractivity contribution in [3.05, 3.63) is 23.8 Å². The first-order valence-corrected chi connectivity index (χ1v) is 17.2. The van der Waals surface area contributed by atoms with E-state index in [-0.39, 0.29) is 40.6 Å². The number of carbonyl (C=O) groups is 3. The molecule has 1 saturated heterocycles. The molecule has 9 nitrogen and oxygen atoms in total. The number of methoxy groups -OCH3 is 1. The summed E-state index contributed by atoms with van der Waals surface area (Å²) in [7, 11) is 1.22. The second-order valence-corrected chi connectivity index (χ2v) is 16.8.